The minimum atomic E-state index is 0.231. The second kappa shape index (κ2) is 4.55. The Bertz CT molecular complexity index is 334. The fourth-order valence-corrected chi connectivity index (χ4v) is 4.40. The Morgan fingerprint density at radius 3 is 1.76 bits per heavy atom. The van der Waals surface area contributed by atoms with E-state index in [0.29, 0.717) is 36.2 Å². The molecule has 0 heterocycles. The van der Waals surface area contributed by atoms with Crippen LogP contribution in [0.1, 0.15) is 57.8 Å². The number of hydrogen-bond donors (Lipinski definition) is 0. The van der Waals surface area contributed by atoms with Crippen LogP contribution in [0.15, 0.2) is 0 Å². The van der Waals surface area contributed by atoms with Crippen molar-refractivity contribution in [2.45, 2.75) is 57.8 Å². The molecule has 2 nitrogen and oxygen atoms in total. The van der Waals surface area contributed by atoms with E-state index in [4.69, 9.17) is 0 Å². The molecule has 0 spiro atoms. The predicted molar refractivity (Wildman–Crippen MR) is 65.5 cm³/mol. The number of hydrogen-bond acceptors (Lipinski definition) is 2. The van der Waals surface area contributed by atoms with Crippen LogP contribution in [-0.2, 0) is 9.59 Å². The van der Waals surface area contributed by atoms with Crippen molar-refractivity contribution in [2.24, 2.45) is 23.7 Å². The van der Waals surface area contributed by atoms with Crippen LogP contribution in [0.2, 0.25) is 0 Å². The molecule has 0 bridgehead atoms. The average molecular weight is 234 g/mol. The van der Waals surface area contributed by atoms with Gasteiger partial charge in [-0.3, -0.25) is 9.59 Å². The van der Waals surface area contributed by atoms with Crippen molar-refractivity contribution in [2.75, 3.05) is 0 Å². The Balaban J connectivity index is 1.82. The van der Waals surface area contributed by atoms with E-state index in [9.17, 15) is 9.59 Å². The van der Waals surface area contributed by atoms with Crippen LogP contribution < -0.4 is 0 Å². The van der Waals surface area contributed by atoms with E-state index in [0.717, 1.165) is 32.1 Å². The minimum absolute atomic E-state index is 0.231. The quantitative estimate of drug-likeness (QED) is 0.645. The van der Waals surface area contributed by atoms with Crippen LogP contribution in [-0.4, -0.2) is 11.6 Å². The monoisotopic (exact) mass is 234 g/mol. The molecule has 0 N–H and O–H groups in total. The van der Waals surface area contributed by atoms with Crippen molar-refractivity contribution in [3.05, 3.63) is 0 Å². The number of carbonyl (C=O) groups is 2. The van der Waals surface area contributed by atoms with Gasteiger partial charge in [0.05, 0.1) is 0 Å². The van der Waals surface area contributed by atoms with E-state index in [2.05, 4.69) is 0 Å². The number of rotatable bonds is 0. The van der Waals surface area contributed by atoms with Gasteiger partial charge in [-0.2, -0.15) is 0 Å². The van der Waals surface area contributed by atoms with Gasteiger partial charge in [-0.1, -0.05) is 19.3 Å². The summed E-state index contributed by atoms with van der Waals surface area (Å²) in [6.45, 7) is 0. The summed E-state index contributed by atoms with van der Waals surface area (Å²) in [7, 11) is 0. The fraction of sp³-hybridized carbons (Fsp3) is 0.867. The number of fused-ring (bicyclic) bond motifs is 2. The highest BCUT2D eigenvalue weighted by molar-refractivity contribution is 5.88. The Kier molecular flexibility index (Phi) is 3.06. The van der Waals surface area contributed by atoms with Gasteiger partial charge >= 0.3 is 0 Å². The first kappa shape index (κ1) is 11.4. The predicted octanol–water partition coefficient (Wildman–Crippen LogP) is 3.14. The highest BCUT2D eigenvalue weighted by Gasteiger charge is 2.41. The Morgan fingerprint density at radius 1 is 0.647 bits per heavy atom. The lowest BCUT2D eigenvalue weighted by Crippen LogP contribution is -2.36. The largest absolute Gasteiger partial charge is 0.299 e. The average Bonchev–Trinajstić information content (AvgIpc) is 2.76. The molecule has 0 aliphatic heterocycles. The summed E-state index contributed by atoms with van der Waals surface area (Å²) in [6.07, 6.45) is 9.30. The van der Waals surface area contributed by atoms with Crippen molar-refractivity contribution in [3.8, 4) is 0 Å². The third-order valence-electron chi connectivity index (χ3n) is 5.32. The van der Waals surface area contributed by atoms with Crippen LogP contribution in [0.3, 0.4) is 0 Å². The smallest absolute Gasteiger partial charge is 0.136 e. The molecule has 3 aliphatic carbocycles. The first-order chi connectivity index (χ1) is 8.25. The zero-order valence-electron chi connectivity index (χ0n) is 10.5. The van der Waals surface area contributed by atoms with Crippen LogP contribution in [0.4, 0.5) is 0 Å². The molecule has 3 aliphatic rings. The van der Waals surface area contributed by atoms with E-state index in [1.807, 2.05) is 0 Å². The van der Waals surface area contributed by atoms with E-state index in [1.165, 1.54) is 12.8 Å². The SMILES string of the molecule is O=C1C[C@@H]2CCCC[C@H]2C(=O)C[C@@H]2CCC[C@H]12. The Labute approximate surface area is 103 Å². The van der Waals surface area contributed by atoms with Gasteiger partial charge in [0.2, 0.25) is 0 Å². The van der Waals surface area contributed by atoms with Crippen molar-refractivity contribution in [1.29, 1.82) is 0 Å². The van der Waals surface area contributed by atoms with Crippen LogP contribution in [0.5, 0.6) is 0 Å². The van der Waals surface area contributed by atoms with E-state index in [-0.39, 0.29) is 11.8 Å². The summed E-state index contributed by atoms with van der Waals surface area (Å²) in [6, 6.07) is 0. The van der Waals surface area contributed by atoms with Gasteiger partial charge in [0.25, 0.3) is 0 Å². The molecule has 3 rings (SSSR count). The lowest BCUT2D eigenvalue weighted by Gasteiger charge is -2.34. The standard InChI is InChI=1S/C15H22O2/c16-14-9-11-5-3-7-13(11)15(17)8-10-4-1-2-6-12(10)14/h10-13H,1-9H2/t10-,11-,12+,13-/m0/s1. The normalized spacial score (nSPS) is 42.6. The third-order valence-corrected chi connectivity index (χ3v) is 5.32. The van der Waals surface area contributed by atoms with Crippen molar-refractivity contribution in [1.82, 2.24) is 0 Å². The molecule has 4 atom stereocenters. The highest BCUT2D eigenvalue weighted by atomic mass is 16.1. The highest BCUT2D eigenvalue weighted by Crippen LogP contribution is 2.43. The van der Waals surface area contributed by atoms with E-state index < -0.39 is 0 Å². The maximum absolute atomic E-state index is 12.3. The van der Waals surface area contributed by atoms with Crippen molar-refractivity contribution in [3.63, 3.8) is 0 Å². The van der Waals surface area contributed by atoms with E-state index >= 15 is 0 Å². The number of ketones is 2. The topological polar surface area (TPSA) is 34.1 Å². The number of Topliss-reactive ketones (excluding diaryl/α,β-unsaturated/α-hetero) is 2. The Hall–Kier alpha value is -0.660. The molecule has 0 aromatic carbocycles. The molecule has 0 saturated heterocycles. The third kappa shape index (κ3) is 2.07. The Morgan fingerprint density at radius 2 is 1.12 bits per heavy atom. The van der Waals surface area contributed by atoms with Gasteiger partial charge in [0.15, 0.2) is 0 Å². The molecule has 3 fully saturated rings. The summed E-state index contributed by atoms with van der Waals surface area (Å²) < 4.78 is 0. The summed E-state index contributed by atoms with van der Waals surface area (Å²) in [4.78, 5) is 24.6. The van der Waals surface area contributed by atoms with Gasteiger partial charge < -0.3 is 0 Å². The summed E-state index contributed by atoms with van der Waals surface area (Å²) >= 11 is 0. The first-order valence-corrected chi connectivity index (χ1v) is 7.31. The first-order valence-electron chi connectivity index (χ1n) is 7.31. The van der Waals surface area contributed by atoms with Crippen molar-refractivity contribution >= 4 is 11.6 Å². The van der Waals surface area contributed by atoms with Gasteiger partial charge in [-0.05, 0) is 37.5 Å². The van der Waals surface area contributed by atoms with Gasteiger partial charge in [-0.25, -0.2) is 0 Å². The molecule has 0 amide bonds. The molecular weight excluding hydrogens is 212 g/mol. The molecule has 17 heavy (non-hydrogen) atoms. The zero-order chi connectivity index (χ0) is 11.8. The van der Waals surface area contributed by atoms with Crippen molar-refractivity contribution < 1.29 is 9.59 Å². The fourth-order valence-electron chi connectivity index (χ4n) is 4.40. The lowest BCUT2D eigenvalue weighted by molar-refractivity contribution is -0.133. The second-order valence-corrected chi connectivity index (χ2v) is 6.29. The number of carbonyl (C=O) groups excluding carboxylic acids is 2. The minimum Gasteiger partial charge on any atom is -0.299 e. The molecule has 0 radical (unpaired) electrons. The molecule has 94 valence electrons. The zero-order valence-corrected chi connectivity index (χ0v) is 10.5. The molecule has 0 aromatic rings. The van der Waals surface area contributed by atoms with Crippen LogP contribution >= 0.6 is 0 Å². The summed E-state index contributed by atoms with van der Waals surface area (Å²) in [5.74, 6) is 2.23. The second-order valence-electron chi connectivity index (χ2n) is 6.29. The lowest BCUT2D eigenvalue weighted by atomic mass is 9.68. The molecule has 0 unspecified atom stereocenters. The molecule has 2 heteroatoms. The molecule has 3 saturated carbocycles. The van der Waals surface area contributed by atoms with Gasteiger partial charge in [0.1, 0.15) is 11.6 Å². The maximum atomic E-state index is 12.3. The molecule has 0 aromatic heterocycles. The maximum Gasteiger partial charge on any atom is 0.136 e. The van der Waals surface area contributed by atoms with E-state index in [1.54, 1.807) is 0 Å². The van der Waals surface area contributed by atoms with Crippen LogP contribution in [0.25, 0.3) is 0 Å². The van der Waals surface area contributed by atoms with Gasteiger partial charge in [0, 0.05) is 24.7 Å². The van der Waals surface area contributed by atoms with Crippen LogP contribution in [0, 0.1) is 23.7 Å². The summed E-state index contributed by atoms with van der Waals surface area (Å²) in [5.41, 5.74) is 0. The molecular formula is C15H22O2. The van der Waals surface area contributed by atoms with Gasteiger partial charge in [-0.15, -0.1) is 0 Å². The summed E-state index contributed by atoms with van der Waals surface area (Å²) in [5, 5.41) is 0.